The van der Waals surface area contributed by atoms with E-state index >= 15 is 0 Å². The van der Waals surface area contributed by atoms with Crippen molar-refractivity contribution in [1.29, 1.82) is 0 Å². The van der Waals surface area contributed by atoms with Gasteiger partial charge in [-0.3, -0.25) is 0 Å². The van der Waals surface area contributed by atoms with Crippen molar-refractivity contribution in [3.05, 3.63) is 46.2 Å². The third-order valence-corrected chi connectivity index (χ3v) is 2.45. The monoisotopic (exact) mass is 219 g/mol. The van der Waals surface area contributed by atoms with E-state index in [4.69, 9.17) is 28.9 Å². The van der Waals surface area contributed by atoms with Gasteiger partial charge < -0.3 is 5.73 Å². The molecule has 13 heavy (non-hydrogen) atoms. The molecule has 0 spiro atoms. The largest absolute Gasteiger partial charge is 0.321 e. The fourth-order valence-corrected chi connectivity index (χ4v) is 1.39. The molecule has 70 valence electrons. The van der Waals surface area contributed by atoms with Crippen LogP contribution in [0.2, 0.25) is 10.0 Å². The Morgan fingerprint density at radius 1 is 1.46 bits per heavy atom. The van der Waals surface area contributed by atoms with Crippen LogP contribution in [0.4, 0.5) is 4.39 Å². The van der Waals surface area contributed by atoms with Crippen molar-refractivity contribution in [1.82, 2.24) is 0 Å². The molecule has 0 amide bonds. The van der Waals surface area contributed by atoms with Crippen LogP contribution in [0.5, 0.6) is 0 Å². The summed E-state index contributed by atoms with van der Waals surface area (Å²) in [5.41, 5.74) is 6.05. The zero-order valence-electron chi connectivity index (χ0n) is 6.73. The second-order valence-corrected chi connectivity index (χ2v) is 3.34. The zero-order chi connectivity index (χ0) is 10.0. The maximum absolute atomic E-state index is 12.9. The lowest BCUT2D eigenvalue weighted by Crippen LogP contribution is -2.07. The molecule has 1 rings (SSSR count). The van der Waals surface area contributed by atoms with E-state index in [1.807, 2.05) is 0 Å². The quantitative estimate of drug-likeness (QED) is 0.600. The van der Waals surface area contributed by atoms with Gasteiger partial charge in [0.1, 0.15) is 5.82 Å². The van der Waals surface area contributed by atoms with Gasteiger partial charge in [-0.25, -0.2) is 4.39 Å². The van der Waals surface area contributed by atoms with Crippen molar-refractivity contribution in [3.63, 3.8) is 0 Å². The third kappa shape index (κ3) is 2.21. The van der Waals surface area contributed by atoms with E-state index in [1.54, 1.807) is 0 Å². The molecule has 0 bridgehead atoms. The maximum atomic E-state index is 12.9. The highest BCUT2D eigenvalue weighted by molar-refractivity contribution is 6.42. The van der Waals surface area contributed by atoms with E-state index in [9.17, 15) is 4.39 Å². The first-order valence-corrected chi connectivity index (χ1v) is 4.34. The molecule has 0 unspecified atom stereocenters. The fraction of sp³-hybridized carbons (Fsp3) is 0.111. The van der Waals surface area contributed by atoms with Gasteiger partial charge in [0.15, 0.2) is 0 Å². The van der Waals surface area contributed by atoms with Gasteiger partial charge in [0.05, 0.1) is 10.0 Å². The zero-order valence-corrected chi connectivity index (χ0v) is 8.24. The van der Waals surface area contributed by atoms with Crippen molar-refractivity contribution in [2.45, 2.75) is 6.04 Å². The highest BCUT2D eigenvalue weighted by Gasteiger charge is 2.11. The summed E-state index contributed by atoms with van der Waals surface area (Å²) in [5, 5.41) is 0.435. The van der Waals surface area contributed by atoms with Crippen molar-refractivity contribution < 1.29 is 4.39 Å². The smallest absolute Gasteiger partial charge is 0.125 e. The van der Waals surface area contributed by atoms with Crippen LogP contribution >= 0.6 is 23.2 Å². The van der Waals surface area contributed by atoms with Gasteiger partial charge in [-0.2, -0.15) is 0 Å². The lowest BCUT2D eigenvalue weighted by atomic mass is 10.1. The number of hydrogen-bond donors (Lipinski definition) is 1. The second-order valence-electron chi connectivity index (χ2n) is 2.55. The van der Waals surface area contributed by atoms with Crippen LogP contribution < -0.4 is 5.73 Å². The number of rotatable bonds is 2. The molecular formula is C9H8Cl2FN. The van der Waals surface area contributed by atoms with Crippen molar-refractivity contribution >= 4 is 23.2 Å². The van der Waals surface area contributed by atoms with Gasteiger partial charge in [0, 0.05) is 6.04 Å². The highest BCUT2D eigenvalue weighted by Crippen LogP contribution is 2.30. The lowest BCUT2D eigenvalue weighted by Gasteiger charge is -2.10. The van der Waals surface area contributed by atoms with E-state index in [0.29, 0.717) is 5.56 Å². The van der Waals surface area contributed by atoms with Crippen molar-refractivity contribution in [2.24, 2.45) is 5.73 Å². The summed E-state index contributed by atoms with van der Waals surface area (Å²) in [6.45, 7) is 3.49. The first-order chi connectivity index (χ1) is 6.06. The predicted octanol–water partition coefficient (Wildman–Crippen LogP) is 3.32. The molecule has 0 fully saturated rings. The van der Waals surface area contributed by atoms with Gasteiger partial charge in [-0.05, 0) is 17.7 Å². The molecule has 0 aromatic heterocycles. The maximum Gasteiger partial charge on any atom is 0.125 e. The van der Waals surface area contributed by atoms with E-state index in [0.717, 1.165) is 6.07 Å². The number of benzene rings is 1. The standard InChI is InChI=1S/C9H8Cl2FN/c1-2-8(13)6-3-5(12)4-7(10)9(6)11/h2-4,8H,1,13H2/t8-/m0/s1. The Labute approximate surface area is 85.9 Å². The average molecular weight is 220 g/mol. The van der Waals surface area contributed by atoms with Gasteiger partial charge >= 0.3 is 0 Å². The van der Waals surface area contributed by atoms with Crippen LogP contribution in [0.3, 0.4) is 0 Å². The highest BCUT2D eigenvalue weighted by atomic mass is 35.5. The topological polar surface area (TPSA) is 26.0 Å². The van der Waals surface area contributed by atoms with Crippen LogP contribution in [0.15, 0.2) is 24.8 Å². The van der Waals surface area contributed by atoms with Crippen LogP contribution in [-0.4, -0.2) is 0 Å². The molecule has 0 aliphatic heterocycles. The molecular weight excluding hydrogens is 212 g/mol. The first-order valence-electron chi connectivity index (χ1n) is 3.59. The summed E-state index contributed by atoms with van der Waals surface area (Å²) in [5.74, 6) is -0.457. The summed E-state index contributed by atoms with van der Waals surface area (Å²) in [7, 11) is 0. The molecule has 4 heteroatoms. The van der Waals surface area contributed by atoms with Gasteiger partial charge in [-0.1, -0.05) is 29.3 Å². The predicted molar refractivity (Wildman–Crippen MR) is 53.5 cm³/mol. The molecule has 1 nitrogen and oxygen atoms in total. The molecule has 1 aromatic rings. The SMILES string of the molecule is C=C[C@H](N)c1cc(F)cc(Cl)c1Cl. The van der Waals surface area contributed by atoms with Crippen molar-refractivity contribution in [2.75, 3.05) is 0 Å². The molecule has 2 N–H and O–H groups in total. The summed E-state index contributed by atoms with van der Waals surface area (Å²) < 4.78 is 12.9. The Morgan fingerprint density at radius 2 is 2.08 bits per heavy atom. The molecule has 0 heterocycles. The summed E-state index contributed by atoms with van der Waals surface area (Å²) in [4.78, 5) is 0. The Kier molecular flexibility index (Phi) is 3.31. The number of hydrogen-bond acceptors (Lipinski definition) is 1. The summed E-state index contributed by atoms with van der Waals surface area (Å²) >= 11 is 11.5. The normalized spacial score (nSPS) is 12.6. The Hall–Kier alpha value is -0.570. The Morgan fingerprint density at radius 3 is 2.62 bits per heavy atom. The van der Waals surface area contributed by atoms with Crippen LogP contribution in [0.25, 0.3) is 0 Å². The van der Waals surface area contributed by atoms with Gasteiger partial charge in [0.25, 0.3) is 0 Å². The minimum Gasteiger partial charge on any atom is -0.321 e. The molecule has 0 radical (unpaired) electrons. The number of halogens is 3. The van der Waals surface area contributed by atoms with E-state index in [2.05, 4.69) is 6.58 Å². The third-order valence-electron chi connectivity index (χ3n) is 1.63. The van der Waals surface area contributed by atoms with Crippen LogP contribution in [-0.2, 0) is 0 Å². The van der Waals surface area contributed by atoms with E-state index in [1.165, 1.54) is 12.1 Å². The minimum absolute atomic E-state index is 0.161. The minimum atomic E-state index is -0.499. The summed E-state index contributed by atoms with van der Waals surface area (Å²) in [6, 6.07) is 1.89. The van der Waals surface area contributed by atoms with Gasteiger partial charge in [-0.15, -0.1) is 6.58 Å². The summed E-state index contributed by atoms with van der Waals surface area (Å²) in [6.07, 6.45) is 1.47. The van der Waals surface area contributed by atoms with Crippen molar-refractivity contribution in [3.8, 4) is 0 Å². The molecule has 0 aliphatic rings. The van der Waals surface area contributed by atoms with E-state index < -0.39 is 11.9 Å². The Balaban J connectivity index is 3.27. The molecule has 0 saturated carbocycles. The molecule has 1 aromatic carbocycles. The Bertz CT molecular complexity index is 339. The number of nitrogens with two attached hydrogens (primary N) is 1. The van der Waals surface area contributed by atoms with Crippen LogP contribution in [0.1, 0.15) is 11.6 Å². The average Bonchev–Trinajstić information content (AvgIpc) is 2.10. The first kappa shape index (κ1) is 10.5. The fourth-order valence-electron chi connectivity index (χ4n) is 0.945. The molecule has 1 atom stereocenters. The molecule has 0 aliphatic carbocycles. The van der Waals surface area contributed by atoms with Crippen LogP contribution in [0, 0.1) is 5.82 Å². The van der Waals surface area contributed by atoms with Gasteiger partial charge in [0.2, 0.25) is 0 Å². The molecule has 0 saturated heterocycles. The lowest BCUT2D eigenvalue weighted by molar-refractivity contribution is 0.624. The second kappa shape index (κ2) is 4.09. The van der Waals surface area contributed by atoms with E-state index in [-0.39, 0.29) is 10.0 Å².